The van der Waals surface area contributed by atoms with Gasteiger partial charge in [0.25, 0.3) is 0 Å². The van der Waals surface area contributed by atoms with Gasteiger partial charge in [-0.05, 0) is 30.5 Å². The van der Waals surface area contributed by atoms with Crippen molar-refractivity contribution >= 4 is 23.2 Å². The molecule has 1 unspecified atom stereocenters. The highest BCUT2D eigenvalue weighted by molar-refractivity contribution is 6.30. The van der Waals surface area contributed by atoms with Gasteiger partial charge >= 0.3 is 0 Å². The molecule has 128 valence electrons. The number of methoxy groups -OCH3 is 1. The predicted octanol–water partition coefficient (Wildman–Crippen LogP) is 2.75. The van der Waals surface area contributed by atoms with E-state index in [2.05, 4.69) is 34.4 Å². The van der Waals surface area contributed by atoms with E-state index in [1.807, 2.05) is 25.2 Å². The van der Waals surface area contributed by atoms with Crippen LogP contribution in [-0.2, 0) is 0 Å². The Hall–Kier alpha value is -1.62. The molecule has 1 fully saturated rings. The molecule has 1 saturated heterocycles. The maximum atomic E-state index is 6.14. The van der Waals surface area contributed by atoms with Crippen molar-refractivity contribution in [3.8, 4) is 5.75 Å². The Balaban J connectivity index is 1.97. The van der Waals surface area contributed by atoms with E-state index < -0.39 is 0 Å². The van der Waals surface area contributed by atoms with Crippen molar-refractivity contribution in [1.29, 1.82) is 0 Å². The molecule has 5 nitrogen and oxygen atoms in total. The van der Waals surface area contributed by atoms with Gasteiger partial charge in [-0.15, -0.1) is 0 Å². The van der Waals surface area contributed by atoms with Crippen molar-refractivity contribution in [3.05, 3.63) is 23.2 Å². The standard InChI is InChI=1S/C17H27ClN4O/c1-12(2)10-20-17(19-3)21-14-7-8-22(11-14)15-9-13(18)5-6-16(15)23-4/h5-6,9,12,14H,7-8,10-11H2,1-4H3,(H2,19,20,21). The molecule has 1 aromatic carbocycles. The molecule has 0 saturated carbocycles. The number of nitrogens with zero attached hydrogens (tertiary/aromatic N) is 2. The lowest BCUT2D eigenvalue weighted by molar-refractivity contribution is 0.415. The van der Waals surface area contributed by atoms with Crippen LogP contribution in [0.25, 0.3) is 0 Å². The number of hydrogen-bond donors (Lipinski definition) is 2. The summed E-state index contributed by atoms with van der Waals surface area (Å²) in [6.07, 6.45) is 1.05. The number of hydrogen-bond acceptors (Lipinski definition) is 3. The first-order chi connectivity index (χ1) is 11.0. The molecule has 0 spiro atoms. The van der Waals surface area contributed by atoms with Crippen LogP contribution in [-0.4, -0.2) is 45.8 Å². The van der Waals surface area contributed by atoms with Gasteiger partial charge in [0, 0.05) is 37.7 Å². The highest BCUT2D eigenvalue weighted by Gasteiger charge is 2.25. The summed E-state index contributed by atoms with van der Waals surface area (Å²) in [4.78, 5) is 6.60. The molecule has 2 N–H and O–H groups in total. The molecule has 6 heteroatoms. The van der Waals surface area contributed by atoms with E-state index in [9.17, 15) is 0 Å². The van der Waals surface area contributed by atoms with Gasteiger partial charge in [-0.25, -0.2) is 0 Å². The summed E-state index contributed by atoms with van der Waals surface area (Å²) in [7, 11) is 3.50. The normalized spacial score (nSPS) is 18.4. The fraction of sp³-hybridized carbons (Fsp3) is 0.588. The van der Waals surface area contributed by atoms with Gasteiger partial charge in [0.2, 0.25) is 0 Å². The third-order valence-electron chi connectivity index (χ3n) is 3.91. The first kappa shape index (κ1) is 17.7. The Bertz CT molecular complexity index is 547. The molecule has 2 rings (SSSR count). The SMILES string of the molecule is CN=C(NCC(C)C)NC1CCN(c2cc(Cl)ccc2OC)C1. The Morgan fingerprint density at radius 3 is 2.91 bits per heavy atom. The molecule has 0 aliphatic carbocycles. The summed E-state index contributed by atoms with van der Waals surface area (Å²) in [5.41, 5.74) is 1.05. The summed E-state index contributed by atoms with van der Waals surface area (Å²) in [6, 6.07) is 6.10. The van der Waals surface area contributed by atoms with Crippen LogP contribution in [0.4, 0.5) is 5.69 Å². The number of ether oxygens (including phenoxy) is 1. The van der Waals surface area contributed by atoms with Crippen LogP contribution in [0.15, 0.2) is 23.2 Å². The number of rotatable bonds is 5. The number of nitrogens with one attached hydrogen (secondary N) is 2. The smallest absolute Gasteiger partial charge is 0.191 e. The molecular weight excluding hydrogens is 312 g/mol. The average molecular weight is 339 g/mol. The second-order valence-electron chi connectivity index (χ2n) is 6.24. The van der Waals surface area contributed by atoms with Crippen LogP contribution >= 0.6 is 11.6 Å². The van der Waals surface area contributed by atoms with Crippen molar-refractivity contribution in [2.24, 2.45) is 10.9 Å². The van der Waals surface area contributed by atoms with Crippen LogP contribution < -0.4 is 20.3 Å². The third-order valence-corrected chi connectivity index (χ3v) is 4.15. The van der Waals surface area contributed by atoms with Crippen LogP contribution in [0.2, 0.25) is 5.02 Å². The van der Waals surface area contributed by atoms with E-state index >= 15 is 0 Å². The minimum atomic E-state index is 0.358. The summed E-state index contributed by atoms with van der Waals surface area (Å²) < 4.78 is 5.46. The number of guanidine groups is 1. The van der Waals surface area contributed by atoms with E-state index in [1.54, 1.807) is 7.11 Å². The van der Waals surface area contributed by atoms with Gasteiger partial charge in [-0.1, -0.05) is 25.4 Å². The van der Waals surface area contributed by atoms with Crippen molar-refractivity contribution in [1.82, 2.24) is 10.6 Å². The second kappa shape index (κ2) is 8.29. The fourth-order valence-corrected chi connectivity index (χ4v) is 2.86. The molecule has 0 amide bonds. The Morgan fingerprint density at radius 1 is 1.48 bits per heavy atom. The van der Waals surface area contributed by atoms with Crippen LogP contribution in [0.3, 0.4) is 0 Å². The summed E-state index contributed by atoms with van der Waals surface area (Å²) >= 11 is 6.14. The Labute approximate surface area is 144 Å². The van der Waals surface area contributed by atoms with E-state index in [1.165, 1.54) is 0 Å². The van der Waals surface area contributed by atoms with E-state index in [-0.39, 0.29) is 0 Å². The number of anilines is 1. The molecule has 0 aromatic heterocycles. The molecule has 0 radical (unpaired) electrons. The van der Waals surface area contributed by atoms with Crippen molar-refractivity contribution < 1.29 is 4.74 Å². The highest BCUT2D eigenvalue weighted by Crippen LogP contribution is 2.33. The van der Waals surface area contributed by atoms with Gasteiger partial charge in [-0.3, -0.25) is 4.99 Å². The van der Waals surface area contributed by atoms with Gasteiger partial charge < -0.3 is 20.3 Å². The minimum Gasteiger partial charge on any atom is -0.495 e. The summed E-state index contributed by atoms with van der Waals surface area (Å²) in [6.45, 7) is 7.15. The number of halogens is 1. The van der Waals surface area contributed by atoms with Crippen molar-refractivity contribution in [2.45, 2.75) is 26.3 Å². The highest BCUT2D eigenvalue weighted by atomic mass is 35.5. The monoisotopic (exact) mass is 338 g/mol. The van der Waals surface area contributed by atoms with Gasteiger partial charge in [0.1, 0.15) is 5.75 Å². The minimum absolute atomic E-state index is 0.358. The lowest BCUT2D eigenvalue weighted by Gasteiger charge is -2.22. The Morgan fingerprint density at radius 2 is 2.26 bits per heavy atom. The van der Waals surface area contributed by atoms with Gasteiger partial charge in [0.15, 0.2) is 5.96 Å². The van der Waals surface area contributed by atoms with E-state index in [0.717, 1.165) is 48.5 Å². The quantitative estimate of drug-likeness (QED) is 0.640. The summed E-state index contributed by atoms with van der Waals surface area (Å²) in [5.74, 6) is 2.31. The average Bonchev–Trinajstić information content (AvgIpc) is 2.99. The van der Waals surface area contributed by atoms with Crippen LogP contribution in [0, 0.1) is 5.92 Å². The first-order valence-corrected chi connectivity index (χ1v) is 8.47. The van der Waals surface area contributed by atoms with E-state index in [4.69, 9.17) is 16.3 Å². The molecule has 1 atom stereocenters. The maximum Gasteiger partial charge on any atom is 0.191 e. The zero-order chi connectivity index (χ0) is 16.8. The first-order valence-electron chi connectivity index (χ1n) is 8.09. The van der Waals surface area contributed by atoms with Crippen LogP contribution in [0.1, 0.15) is 20.3 Å². The van der Waals surface area contributed by atoms with Crippen LogP contribution in [0.5, 0.6) is 5.75 Å². The maximum absolute atomic E-state index is 6.14. The molecule has 0 bridgehead atoms. The third kappa shape index (κ3) is 4.93. The topological polar surface area (TPSA) is 48.9 Å². The van der Waals surface area contributed by atoms with E-state index in [0.29, 0.717) is 12.0 Å². The lowest BCUT2D eigenvalue weighted by Crippen LogP contribution is -2.45. The fourth-order valence-electron chi connectivity index (χ4n) is 2.70. The van der Waals surface area contributed by atoms with Gasteiger partial charge in [-0.2, -0.15) is 0 Å². The van der Waals surface area contributed by atoms with Crippen molar-refractivity contribution in [2.75, 3.05) is 38.7 Å². The zero-order valence-electron chi connectivity index (χ0n) is 14.4. The summed E-state index contributed by atoms with van der Waals surface area (Å²) in [5, 5.41) is 7.58. The Kier molecular flexibility index (Phi) is 6.39. The molecular formula is C17H27ClN4O. The molecule has 1 aliphatic rings. The molecule has 1 aromatic rings. The molecule has 1 aliphatic heterocycles. The molecule has 23 heavy (non-hydrogen) atoms. The number of aliphatic imine (C=N–C) groups is 1. The van der Waals surface area contributed by atoms with Crippen molar-refractivity contribution in [3.63, 3.8) is 0 Å². The van der Waals surface area contributed by atoms with Gasteiger partial charge in [0.05, 0.1) is 12.8 Å². The molecule has 1 heterocycles. The second-order valence-corrected chi connectivity index (χ2v) is 6.68. The predicted molar refractivity (Wildman–Crippen MR) is 98.0 cm³/mol. The number of benzene rings is 1. The largest absolute Gasteiger partial charge is 0.495 e. The lowest BCUT2D eigenvalue weighted by atomic mass is 10.2. The zero-order valence-corrected chi connectivity index (χ0v) is 15.2.